The highest BCUT2D eigenvalue weighted by atomic mass is 16.5. The molecule has 1 N–H and O–H groups in total. The highest BCUT2D eigenvalue weighted by molar-refractivity contribution is 6.13. The number of aryl methyl sites for hydroxylation is 1. The molecule has 7 heteroatoms. The van der Waals surface area contributed by atoms with Gasteiger partial charge in [-0.05, 0) is 49.8 Å². The molecular weight excluding hydrogens is 452 g/mol. The van der Waals surface area contributed by atoms with Gasteiger partial charge in [0.2, 0.25) is 5.91 Å². The van der Waals surface area contributed by atoms with Gasteiger partial charge in [0, 0.05) is 11.8 Å². The molecule has 0 radical (unpaired) electrons. The number of aromatic nitrogens is 3. The van der Waals surface area contributed by atoms with Gasteiger partial charge in [-0.25, -0.2) is 14.8 Å². The van der Waals surface area contributed by atoms with Gasteiger partial charge in [0.15, 0.2) is 5.65 Å². The predicted molar refractivity (Wildman–Crippen MR) is 141 cm³/mol. The number of esters is 1. The van der Waals surface area contributed by atoms with Gasteiger partial charge in [0.1, 0.15) is 16.9 Å². The van der Waals surface area contributed by atoms with Crippen molar-refractivity contribution >= 4 is 46.0 Å². The Morgan fingerprint density at radius 1 is 0.917 bits per heavy atom. The van der Waals surface area contributed by atoms with Gasteiger partial charge in [-0.3, -0.25) is 9.36 Å². The third-order valence-corrected chi connectivity index (χ3v) is 5.70. The van der Waals surface area contributed by atoms with Gasteiger partial charge in [0.05, 0.1) is 17.6 Å². The Morgan fingerprint density at radius 2 is 1.58 bits per heavy atom. The van der Waals surface area contributed by atoms with E-state index in [9.17, 15) is 9.59 Å². The molecule has 0 fully saturated rings. The minimum absolute atomic E-state index is 0.159. The monoisotopic (exact) mass is 476 g/mol. The number of hydrogen-bond donors (Lipinski definition) is 1. The van der Waals surface area contributed by atoms with E-state index < -0.39 is 11.9 Å². The summed E-state index contributed by atoms with van der Waals surface area (Å²) in [7, 11) is 0. The number of benzene rings is 3. The number of rotatable bonds is 6. The van der Waals surface area contributed by atoms with Crippen LogP contribution in [-0.4, -0.2) is 33.0 Å². The molecule has 0 atom stereocenters. The zero-order chi connectivity index (χ0) is 25.1. The van der Waals surface area contributed by atoms with Crippen molar-refractivity contribution in [3.8, 4) is 5.69 Å². The number of amides is 1. The summed E-state index contributed by atoms with van der Waals surface area (Å²) in [5.41, 5.74) is 4.96. The molecule has 0 aliphatic heterocycles. The number of carbonyl (C=O) groups is 2. The normalized spacial score (nSPS) is 11.3. The molecule has 5 rings (SSSR count). The number of nitrogens with zero attached hydrogens (tertiary/aromatic N) is 3. The maximum atomic E-state index is 13.2. The second-order valence-corrected chi connectivity index (χ2v) is 8.23. The maximum absolute atomic E-state index is 13.2. The summed E-state index contributed by atoms with van der Waals surface area (Å²) in [6.07, 6.45) is 3.14. The van der Waals surface area contributed by atoms with E-state index in [-0.39, 0.29) is 18.0 Å². The molecule has 0 bridgehead atoms. The van der Waals surface area contributed by atoms with Crippen LogP contribution in [-0.2, 0) is 9.53 Å². The first kappa shape index (κ1) is 23.0. The lowest BCUT2D eigenvalue weighted by atomic mass is 10.2. The van der Waals surface area contributed by atoms with Crippen molar-refractivity contribution < 1.29 is 14.3 Å². The largest absolute Gasteiger partial charge is 0.462 e. The molecule has 2 aromatic heterocycles. The standard InChI is InChI=1S/C29H24N4O3/c1-3-36-29(35)25-26-28(31-23-12-8-7-11-22(23)30-26)33(21-16-13-19(2)14-17-21)27(25)32-24(34)18-15-20-9-5-4-6-10-20/h4-18H,3H2,1-2H3,(H,32,34)/b18-15+. The third-order valence-electron chi connectivity index (χ3n) is 5.70. The SMILES string of the molecule is CCOC(=O)c1c(NC(=O)/C=C/c2ccccc2)n(-c2ccc(C)cc2)c2nc3ccccc3nc12. The summed E-state index contributed by atoms with van der Waals surface area (Å²) in [6, 6.07) is 24.7. The van der Waals surface area contributed by atoms with Gasteiger partial charge in [-0.15, -0.1) is 0 Å². The zero-order valence-electron chi connectivity index (χ0n) is 19.9. The number of nitrogens with one attached hydrogen (secondary N) is 1. The van der Waals surface area contributed by atoms with E-state index in [1.807, 2.05) is 85.8 Å². The first-order valence-corrected chi connectivity index (χ1v) is 11.6. The minimum atomic E-state index is -0.583. The average molecular weight is 477 g/mol. The molecular formula is C29H24N4O3. The number of anilines is 1. The topological polar surface area (TPSA) is 86.1 Å². The van der Waals surface area contributed by atoms with Crippen molar-refractivity contribution in [1.82, 2.24) is 14.5 Å². The minimum Gasteiger partial charge on any atom is -0.462 e. The fraction of sp³-hybridized carbons (Fsp3) is 0.103. The lowest BCUT2D eigenvalue weighted by Crippen LogP contribution is -2.16. The molecule has 1 amide bonds. The summed E-state index contributed by atoms with van der Waals surface area (Å²) >= 11 is 0. The highest BCUT2D eigenvalue weighted by Gasteiger charge is 2.28. The molecule has 178 valence electrons. The lowest BCUT2D eigenvalue weighted by Gasteiger charge is -2.12. The molecule has 0 saturated heterocycles. The fourth-order valence-electron chi connectivity index (χ4n) is 4.00. The number of para-hydroxylation sites is 2. The van der Waals surface area contributed by atoms with Crippen LogP contribution in [0.25, 0.3) is 34.0 Å². The van der Waals surface area contributed by atoms with Crippen molar-refractivity contribution in [3.05, 3.63) is 102 Å². The van der Waals surface area contributed by atoms with Crippen LogP contribution in [0.15, 0.2) is 84.9 Å². The molecule has 7 nitrogen and oxygen atoms in total. The molecule has 36 heavy (non-hydrogen) atoms. The summed E-state index contributed by atoms with van der Waals surface area (Å²) in [5, 5.41) is 2.90. The van der Waals surface area contributed by atoms with Crippen LogP contribution in [0.4, 0.5) is 5.82 Å². The van der Waals surface area contributed by atoms with Crippen LogP contribution >= 0.6 is 0 Å². The van der Waals surface area contributed by atoms with Crippen LogP contribution in [0.2, 0.25) is 0 Å². The smallest absolute Gasteiger partial charge is 0.344 e. The van der Waals surface area contributed by atoms with Crippen molar-refractivity contribution in [2.24, 2.45) is 0 Å². The van der Waals surface area contributed by atoms with E-state index in [1.54, 1.807) is 17.6 Å². The van der Waals surface area contributed by atoms with Crippen molar-refractivity contribution in [2.75, 3.05) is 11.9 Å². The number of ether oxygens (including phenoxy) is 1. The molecule has 3 aromatic carbocycles. The second-order valence-electron chi connectivity index (χ2n) is 8.23. The Hall–Kier alpha value is -4.78. The molecule has 2 heterocycles. The Kier molecular flexibility index (Phi) is 6.28. The third kappa shape index (κ3) is 4.46. The summed E-state index contributed by atoms with van der Waals surface area (Å²) in [4.78, 5) is 35.8. The molecule has 0 aliphatic rings. The number of hydrogen-bond acceptors (Lipinski definition) is 5. The Labute approximate surface area is 208 Å². The van der Waals surface area contributed by atoms with Crippen LogP contribution in [0, 0.1) is 6.92 Å². The van der Waals surface area contributed by atoms with E-state index in [2.05, 4.69) is 5.32 Å². The van der Waals surface area contributed by atoms with Gasteiger partial charge in [-0.2, -0.15) is 0 Å². The van der Waals surface area contributed by atoms with Gasteiger partial charge < -0.3 is 10.1 Å². The molecule has 5 aromatic rings. The predicted octanol–water partition coefficient (Wildman–Crippen LogP) is 5.71. The van der Waals surface area contributed by atoms with E-state index in [0.29, 0.717) is 22.2 Å². The summed E-state index contributed by atoms with van der Waals surface area (Å²) in [5.74, 6) is -0.726. The van der Waals surface area contributed by atoms with Crippen LogP contribution in [0.3, 0.4) is 0 Å². The lowest BCUT2D eigenvalue weighted by molar-refractivity contribution is -0.111. The van der Waals surface area contributed by atoms with Crippen LogP contribution in [0.5, 0.6) is 0 Å². The first-order valence-electron chi connectivity index (χ1n) is 11.6. The van der Waals surface area contributed by atoms with Crippen molar-refractivity contribution in [2.45, 2.75) is 13.8 Å². The maximum Gasteiger partial charge on any atom is 0.344 e. The summed E-state index contributed by atoms with van der Waals surface area (Å²) in [6.45, 7) is 3.91. The fourth-order valence-corrected chi connectivity index (χ4v) is 4.00. The zero-order valence-corrected chi connectivity index (χ0v) is 19.9. The average Bonchev–Trinajstić information content (AvgIpc) is 3.19. The molecule has 0 saturated carbocycles. The quantitative estimate of drug-likeness (QED) is 0.251. The summed E-state index contributed by atoms with van der Waals surface area (Å²) < 4.78 is 7.12. The van der Waals surface area contributed by atoms with Gasteiger partial charge in [-0.1, -0.05) is 60.2 Å². The first-order chi connectivity index (χ1) is 17.5. The van der Waals surface area contributed by atoms with Crippen molar-refractivity contribution in [1.29, 1.82) is 0 Å². The van der Waals surface area contributed by atoms with Gasteiger partial charge >= 0.3 is 5.97 Å². The van der Waals surface area contributed by atoms with Crippen molar-refractivity contribution in [3.63, 3.8) is 0 Å². The molecule has 0 spiro atoms. The Bertz CT molecular complexity index is 1600. The van der Waals surface area contributed by atoms with E-state index in [1.165, 1.54) is 6.08 Å². The number of fused-ring (bicyclic) bond motifs is 2. The second kappa shape index (κ2) is 9.84. The van der Waals surface area contributed by atoms with Crippen LogP contribution in [0.1, 0.15) is 28.4 Å². The van der Waals surface area contributed by atoms with E-state index >= 15 is 0 Å². The highest BCUT2D eigenvalue weighted by Crippen LogP contribution is 2.33. The Balaban J connectivity index is 1.73. The van der Waals surface area contributed by atoms with E-state index in [0.717, 1.165) is 16.8 Å². The molecule has 0 unspecified atom stereocenters. The van der Waals surface area contributed by atoms with Crippen LogP contribution < -0.4 is 5.32 Å². The number of carbonyl (C=O) groups excluding carboxylic acids is 2. The Morgan fingerprint density at radius 3 is 2.28 bits per heavy atom. The van der Waals surface area contributed by atoms with Gasteiger partial charge in [0.25, 0.3) is 0 Å². The molecule has 0 aliphatic carbocycles. The van der Waals surface area contributed by atoms with E-state index in [4.69, 9.17) is 14.7 Å².